The molecule has 1 aliphatic heterocycles. The minimum Gasteiger partial charge on any atom is -0.486 e. The van der Waals surface area contributed by atoms with Gasteiger partial charge in [0.05, 0.1) is 5.69 Å². The number of nitrogens with one attached hydrogen (secondary N) is 2. The molecule has 1 unspecified atom stereocenters. The molecule has 2 aromatic rings. The van der Waals surface area contributed by atoms with Crippen molar-refractivity contribution in [2.75, 3.05) is 13.1 Å². The van der Waals surface area contributed by atoms with E-state index in [-0.39, 0.29) is 30.7 Å². The highest BCUT2D eigenvalue weighted by atomic mass is 35.5. The van der Waals surface area contributed by atoms with E-state index in [1.165, 1.54) is 17.8 Å². The maximum atomic E-state index is 12.3. The first-order chi connectivity index (χ1) is 11.6. The van der Waals surface area contributed by atoms with Crippen molar-refractivity contribution in [1.82, 2.24) is 15.6 Å². The van der Waals surface area contributed by atoms with Crippen molar-refractivity contribution >= 4 is 53.7 Å². The third-order valence-corrected chi connectivity index (χ3v) is 5.28. The molecule has 1 aromatic carbocycles. The van der Waals surface area contributed by atoms with Crippen LogP contribution in [-0.4, -0.2) is 30.0 Å². The number of hydrogen-bond donors (Lipinski definition) is 2. The fourth-order valence-corrected chi connectivity index (χ4v) is 3.65. The molecular weight excluding hydrogens is 417 g/mol. The summed E-state index contributed by atoms with van der Waals surface area (Å²) in [7, 11) is 0. The van der Waals surface area contributed by atoms with Crippen LogP contribution in [0.1, 0.15) is 33.2 Å². The van der Waals surface area contributed by atoms with E-state index in [1.807, 2.05) is 19.1 Å². The second kappa shape index (κ2) is 10.9. The molecule has 1 saturated heterocycles. The number of thiazole rings is 1. The zero-order valence-corrected chi connectivity index (χ0v) is 17.5. The van der Waals surface area contributed by atoms with E-state index in [4.69, 9.17) is 16.3 Å². The Morgan fingerprint density at radius 1 is 1.38 bits per heavy atom. The first kappa shape index (κ1) is 23.0. The lowest BCUT2D eigenvalue weighted by atomic mass is 10.2. The van der Waals surface area contributed by atoms with Gasteiger partial charge in [0.2, 0.25) is 0 Å². The zero-order chi connectivity index (χ0) is 16.9. The molecule has 0 saturated carbocycles. The minimum absolute atomic E-state index is 0. The lowest BCUT2D eigenvalue weighted by molar-refractivity contribution is 0.0953. The first-order valence-corrected chi connectivity index (χ1v) is 9.17. The number of nitrogens with zero attached hydrogens (tertiary/aromatic N) is 1. The van der Waals surface area contributed by atoms with Gasteiger partial charge in [0, 0.05) is 17.6 Å². The van der Waals surface area contributed by atoms with Crippen LogP contribution in [0.4, 0.5) is 0 Å². The van der Waals surface area contributed by atoms with Crippen LogP contribution < -0.4 is 15.4 Å². The number of carbonyl (C=O) groups is 1. The van der Waals surface area contributed by atoms with Crippen LogP contribution in [0.15, 0.2) is 24.3 Å². The normalized spacial score (nSPS) is 15.7. The molecule has 26 heavy (non-hydrogen) atoms. The molecule has 1 aromatic heterocycles. The van der Waals surface area contributed by atoms with Crippen LogP contribution in [0.3, 0.4) is 0 Å². The third kappa shape index (κ3) is 6.28. The van der Waals surface area contributed by atoms with Crippen LogP contribution in [0.5, 0.6) is 5.75 Å². The van der Waals surface area contributed by atoms with Gasteiger partial charge in [-0.05, 0) is 50.6 Å². The fraction of sp³-hybridized carbons (Fsp3) is 0.412. The molecule has 5 nitrogen and oxygen atoms in total. The van der Waals surface area contributed by atoms with Crippen molar-refractivity contribution in [1.29, 1.82) is 0 Å². The van der Waals surface area contributed by atoms with Gasteiger partial charge in [-0.1, -0.05) is 11.6 Å². The second-order valence-electron chi connectivity index (χ2n) is 5.77. The van der Waals surface area contributed by atoms with E-state index < -0.39 is 0 Å². The van der Waals surface area contributed by atoms with Crippen molar-refractivity contribution in [3.8, 4) is 5.75 Å². The van der Waals surface area contributed by atoms with Gasteiger partial charge in [-0.25, -0.2) is 4.98 Å². The zero-order valence-electron chi connectivity index (χ0n) is 14.3. The number of benzene rings is 1. The molecule has 2 heterocycles. The van der Waals surface area contributed by atoms with Gasteiger partial charge in [0.1, 0.15) is 22.2 Å². The SMILES string of the molecule is Cc1nc(COc2ccc(Cl)cc2)sc1C(=O)NCC1CCCN1.Cl.Cl. The number of hydrogen-bond acceptors (Lipinski definition) is 5. The topological polar surface area (TPSA) is 63.2 Å². The third-order valence-electron chi connectivity index (χ3n) is 3.89. The average Bonchev–Trinajstić information content (AvgIpc) is 3.22. The number of aryl methyl sites for hydroxylation is 1. The number of amides is 1. The van der Waals surface area contributed by atoms with Crippen LogP contribution in [0, 0.1) is 6.92 Å². The summed E-state index contributed by atoms with van der Waals surface area (Å²) >= 11 is 7.23. The summed E-state index contributed by atoms with van der Waals surface area (Å²) in [5.74, 6) is 0.669. The number of rotatable bonds is 6. The van der Waals surface area contributed by atoms with E-state index in [9.17, 15) is 4.79 Å². The lowest BCUT2D eigenvalue weighted by Gasteiger charge is -2.10. The summed E-state index contributed by atoms with van der Waals surface area (Å²) < 4.78 is 5.68. The van der Waals surface area contributed by atoms with Crippen LogP contribution in [-0.2, 0) is 6.61 Å². The Hall–Kier alpha value is -1.05. The van der Waals surface area contributed by atoms with Gasteiger partial charge in [-0.3, -0.25) is 4.79 Å². The highest BCUT2D eigenvalue weighted by Crippen LogP contribution is 2.21. The highest BCUT2D eigenvalue weighted by molar-refractivity contribution is 7.13. The van der Waals surface area contributed by atoms with Gasteiger partial charge in [0.15, 0.2) is 0 Å². The van der Waals surface area contributed by atoms with E-state index in [1.54, 1.807) is 12.1 Å². The number of ether oxygens (including phenoxy) is 1. The Bertz CT molecular complexity index is 704. The highest BCUT2D eigenvalue weighted by Gasteiger charge is 2.18. The fourth-order valence-electron chi connectivity index (χ4n) is 2.63. The minimum atomic E-state index is -0.0588. The largest absolute Gasteiger partial charge is 0.486 e. The van der Waals surface area contributed by atoms with Gasteiger partial charge in [-0.15, -0.1) is 36.2 Å². The van der Waals surface area contributed by atoms with Crippen molar-refractivity contribution < 1.29 is 9.53 Å². The van der Waals surface area contributed by atoms with Gasteiger partial charge in [-0.2, -0.15) is 0 Å². The Morgan fingerprint density at radius 3 is 2.77 bits per heavy atom. The molecule has 0 spiro atoms. The molecule has 3 rings (SSSR count). The molecular formula is C17H22Cl3N3O2S. The lowest BCUT2D eigenvalue weighted by Crippen LogP contribution is -2.37. The first-order valence-electron chi connectivity index (χ1n) is 7.98. The van der Waals surface area contributed by atoms with Crippen molar-refractivity contribution in [3.63, 3.8) is 0 Å². The van der Waals surface area contributed by atoms with Gasteiger partial charge >= 0.3 is 0 Å². The molecule has 144 valence electrons. The maximum absolute atomic E-state index is 12.3. The monoisotopic (exact) mass is 437 g/mol. The van der Waals surface area contributed by atoms with Gasteiger partial charge < -0.3 is 15.4 Å². The summed E-state index contributed by atoms with van der Waals surface area (Å²) in [6, 6.07) is 7.56. The predicted octanol–water partition coefficient (Wildman–Crippen LogP) is 4.01. The Labute approximate surface area is 174 Å². The number of aromatic nitrogens is 1. The second-order valence-corrected chi connectivity index (χ2v) is 7.29. The molecule has 2 N–H and O–H groups in total. The molecule has 9 heteroatoms. The van der Waals surface area contributed by atoms with E-state index in [0.29, 0.717) is 29.1 Å². The summed E-state index contributed by atoms with van der Waals surface area (Å²) in [6.07, 6.45) is 2.29. The maximum Gasteiger partial charge on any atom is 0.263 e. The Morgan fingerprint density at radius 2 is 2.12 bits per heavy atom. The van der Waals surface area contributed by atoms with E-state index in [2.05, 4.69) is 15.6 Å². The summed E-state index contributed by atoms with van der Waals surface area (Å²) in [5.41, 5.74) is 0.742. The Kier molecular flexibility index (Phi) is 9.68. The van der Waals surface area contributed by atoms with Crippen LogP contribution in [0.25, 0.3) is 0 Å². The van der Waals surface area contributed by atoms with Crippen LogP contribution in [0.2, 0.25) is 5.02 Å². The number of carbonyl (C=O) groups excluding carboxylic acids is 1. The quantitative estimate of drug-likeness (QED) is 0.715. The molecule has 1 amide bonds. The molecule has 1 atom stereocenters. The summed E-state index contributed by atoms with van der Waals surface area (Å²) in [4.78, 5) is 17.4. The van der Waals surface area contributed by atoms with Gasteiger partial charge in [0.25, 0.3) is 5.91 Å². The molecule has 1 aliphatic rings. The molecule has 0 bridgehead atoms. The van der Waals surface area contributed by atoms with Crippen molar-refractivity contribution in [3.05, 3.63) is 44.9 Å². The van der Waals surface area contributed by atoms with E-state index >= 15 is 0 Å². The van der Waals surface area contributed by atoms with Crippen LogP contribution >= 0.6 is 47.8 Å². The molecule has 0 radical (unpaired) electrons. The predicted molar refractivity (Wildman–Crippen MR) is 110 cm³/mol. The van der Waals surface area contributed by atoms with Crippen molar-refractivity contribution in [2.45, 2.75) is 32.4 Å². The number of halogens is 3. The van der Waals surface area contributed by atoms with Crippen molar-refractivity contribution in [2.24, 2.45) is 0 Å². The average molecular weight is 439 g/mol. The molecule has 0 aliphatic carbocycles. The Balaban J connectivity index is 0.00000169. The smallest absolute Gasteiger partial charge is 0.263 e. The molecule has 1 fully saturated rings. The summed E-state index contributed by atoms with van der Waals surface area (Å²) in [5, 5.41) is 7.81. The summed E-state index contributed by atoms with van der Waals surface area (Å²) in [6.45, 7) is 3.88. The van der Waals surface area contributed by atoms with E-state index in [0.717, 1.165) is 29.4 Å². The standard InChI is InChI=1S/C17H20ClN3O2S.2ClH/c1-11-16(17(22)20-9-13-3-2-8-19-13)24-15(21-11)10-23-14-6-4-12(18)5-7-14;;/h4-7,13,19H,2-3,8-10H2,1H3,(H,20,22);2*1H.